The third-order valence-corrected chi connectivity index (χ3v) is 4.76. The Hall–Kier alpha value is -1.94. The number of guanidine groups is 1. The second kappa shape index (κ2) is 12.6. The van der Waals surface area contributed by atoms with E-state index in [0.717, 1.165) is 55.6 Å². The predicted molar refractivity (Wildman–Crippen MR) is 127 cm³/mol. The standard InChI is InChI=1S/C21H30N4O3.HI/c1-22-21(23-11-6-13-27-16-18-7-5-14-28-18)24-17-10-12-25(15-17)19-8-3-4-9-20(19)26-2;/h3-5,7-9,14,17H,6,10-13,15-16H2,1-2H3,(H2,22,23,24);1H. The van der Waals surface area contributed by atoms with E-state index in [-0.39, 0.29) is 24.0 Å². The summed E-state index contributed by atoms with van der Waals surface area (Å²) in [6.45, 7) is 3.92. The number of hydrogen-bond donors (Lipinski definition) is 2. The highest BCUT2D eigenvalue weighted by molar-refractivity contribution is 14.0. The van der Waals surface area contributed by atoms with Gasteiger partial charge in [-0.25, -0.2) is 0 Å². The first kappa shape index (κ1) is 23.3. The molecule has 0 radical (unpaired) electrons. The van der Waals surface area contributed by atoms with Gasteiger partial charge < -0.3 is 29.4 Å². The lowest BCUT2D eigenvalue weighted by molar-refractivity contribution is 0.105. The van der Waals surface area contributed by atoms with Crippen molar-refractivity contribution in [1.29, 1.82) is 0 Å². The van der Waals surface area contributed by atoms with Gasteiger partial charge in [-0.2, -0.15) is 0 Å². The van der Waals surface area contributed by atoms with Crippen molar-refractivity contribution >= 4 is 35.6 Å². The van der Waals surface area contributed by atoms with E-state index in [9.17, 15) is 0 Å². The van der Waals surface area contributed by atoms with Gasteiger partial charge in [0.05, 0.1) is 19.1 Å². The average molecular weight is 514 g/mol. The summed E-state index contributed by atoms with van der Waals surface area (Å²) in [6.07, 6.45) is 3.62. The normalized spacial score (nSPS) is 16.4. The highest BCUT2D eigenvalue weighted by Gasteiger charge is 2.25. The van der Waals surface area contributed by atoms with Crippen LogP contribution in [-0.4, -0.2) is 52.4 Å². The predicted octanol–water partition coefficient (Wildman–Crippen LogP) is 3.26. The van der Waals surface area contributed by atoms with Gasteiger partial charge in [-0.15, -0.1) is 24.0 Å². The van der Waals surface area contributed by atoms with Crippen LogP contribution in [0, 0.1) is 0 Å². The van der Waals surface area contributed by atoms with Crippen molar-refractivity contribution in [2.75, 3.05) is 45.3 Å². The van der Waals surface area contributed by atoms with Gasteiger partial charge in [-0.1, -0.05) is 12.1 Å². The molecule has 1 fully saturated rings. The molecule has 2 heterocycles. The van der Waals surface area contributed by atoms with Crippen LogP contribution in [0.1, 0.15) is 18.6 Å². The molecule has 1 aromatic carbocycles. The lowest BCUT2D eigenvalue weighted by Gasteiger charge is -2.22. The molecular formula is C21H31IN4O3. The molecule has 160 valence electrons. The maximum Gasteiger partial charge on any atom is 0.191 e. The van der Waals surface area contributed by atoms with Crippen LogP contribution in [0.4, 0.5) is 5.69 Å². The highest BCUT2D eigenvalue weighted by atomic mass is 127. The fraction of sp³-hybridized carbons (Fsp3) is 0.476. The van der Waals surface area contributed by atoms with E-state index in [1.54, 1.807) is 20.4 Å². The zero-order valence-corrected chi connectivity index (χ0v) is 19.4. The lowest BCUT2D eigenvalue weighted by atomic mass is 10.2. The number of anilines is 1. The first-order valence-corrected chi connectivity index (χ1v) is 9.75. The number of para-hydroxylation sites is 2. The molecule has 3 rings (SSSR count). The molecule has 0 spiro atoms. The zero-order chi connectivity index (χ0) is 19.6. The Bertz CT molecular complexity index is 739. The number of methoxy groups -OCH3 is 1. The molecule has 1 aromatic heterocycles. The zero-order valence-electron chi connectivity index (χ0n) is 17.1. The molecule has 2 N–H and O–H groups in total. The van der Waals surface area contributed by atoms with Gasteiger partial charge in [-0.3, -0.25) is 4.99 Å². The van der Waals surface area contributed by atoms with Crippen LogP contribution in [0.2, 0.25) is 0 Å². The molecular weight excluding hydrogens is 483 g/mol. The number of hydrogen-bond acceptors (Lipinski definition) is 5. The average Bonchev–Trinajstić information content (AvgIpc) is 3.41. The number of halogens is 1. The van der Waals surface area contributed by atoms with Crippen LogP contribution >= 0.6 is 24.0 Å². The number of furan rings is 1. The second-order valence-corrected chi connectivity index (χ2v) is 6.73. The van der Waals surface area contributed by atoms with E-state index in [1.807, 2.05) is 30.3 Å². The Morgan fingerprint density at radius 1 is 1.28 bits per heavy atom. The number of rotatable bonds is 9. The van der Waals surface area contributed by atoms with Gasteiger partial charge in [0, 0.05) is 39.3 Å². The van der Waals surface area contributed by atoms with Crippen molar-refractivity contribution in [3.8, 4) is 5.75 Å². The van der Waals surface area contributed by atoms with E-state index in [2.05, 4.69) is 26.6 Å². The topological polar surface area (TPSA) is 71.3 Å². The van der Waals surface area contributed by atoms with Crippen LogP contribution in [0.3, 0.4) is 0 Å². The fourth-order valence-corrected chi connectivity index (χ4v) is 3.32. The van der Waals surface area contributed by atoms with E-state index >= 15 is 0 Å². The van der Waals surface area contributed by atoms with Crippen molar-refractivity contribution in [3.63, 3.8) is 0 Å². The molecule has 1 aliphatic heterocycles. The molecule has 8 heteroatoms. The minimum absolute atomic E-state index is 0. The summed E-state index contributed by atoms with van der Waals surface area (Å²) in [7, 11) is 3.52. The largest absolute Gasteiger partial charge is 0.495 e. The van der Waals surface area contributed by atoms with Crippen LogP contribution < -0.4 is 20.3 Å². The minimum atomic E-state index is 0. The van der Waals surface area contributed by atoms with E-state index < -0.39 is 0 Å². The van der Waals surface area contributed by atoms with Gasteiger partial charge in [0.1, 0.15) is 18.1 Å². The molecule has 1 atom stereocenters. The van der Waals surface area contributed by atoms with Gasteiger partial charge in [0.2, 0.25) is 0 Å². The summed E-state index contributed by atoms with van der Waals surface area (Å²) in [5.74, 6) is 2.60. The quantitative estimate of drug-likeness (QED) is 0.232. The van der Waals surface area contributed by atoms with Gasteiger partial charge >= 0.3 is 0 Å². The summed E-state index contributed by atoms with van der Waals surface area (Å²) < 4.78 is 16.3. The molecule has 1 saturated heterocycles. The van der Waals surface area contributed by atoms with Crippen molar-refractivity contribution in [1.82, 2.24) is 10.6 Å². The Labute approximate surface area is 189 Å². The van der Waals surface area contributed by atoms with Crippen LogP contribution in [0.5, 0.6) is 5.75 Å². The molecule has 0 amide bonds. The van der Waals surface area contributed by atoms with Crippen molar-refractivity contribution < 1.29 is 13.9 Å². The van der Waals surface area contributed by atoms with E-state index in [0.29, 0.717) is 19.3 Å². The van der Waals surface area contributed by atoms with Crippen LogP contribution in [-0.2, 0) is 11.3 Å². The maximum absolute atomic E-state index is 5.60. The van der Waals surface area contributed by atoms with Crippen molar-refractivity contribution in [2.24, 2.45) is 4.99 Å². The second-order valence-electron chi connectivity index (χ2n) is 6.73. The van der Waals surface area contributed by atoms with Gasteiger partial charge in [0.15, 0.2) is 5.96 Å². The minimum Gasteiger partial charge on any atom is -0.495 e. The van der Waals surface area contributed by atoms with Gasteiger partial charge in [0.25, 0.3) is 0 Å². The van der Waals surface area contributed by atoms with Crippen molar-refractivity contribution in [3.05, 3.63) is 48.4 Å². The smallest absolute Gasteiger partial charge is 0.191 e. The van der Waals surface area contributed by atoms with Crippen molar-refractivity contribution in [2.45, 2.75) is 25.5 Å². The number of nitrogens with zero attached hydrogens (tertiary/aromatic N) is 2. The third kappa shape index (κ3) is 7.11. The number of benzene rings is 1. The summed E-state index contributed by atoms with van der Waals surface area (Å²) in [5, 5.41) is 6.88. The summed E-state index contributed by atoms with van der Waals surface area (Å²) in [5.41, 5.74) is 1.14. The molecule has 1 aliphatic rings. The van der Waals surface area contributed by atoms with E-state index in [1.165, 1.54) is 0 Å². The Morgan fingerprint density at radius 2 is 2.14 bits per heavy atom. The lowest BCUT2D eigenvalue weighted by Crippen LogP contribution is -2.45. The maximum atomic E-state index is 5.60. The van der Waals surface area contributed by atoms with Crippen LogP contribution in [0.25, 0.3) is 0 Å². The first-order chi connectivity index (χ1) is 13.8. The first-order valence-electron chi connectivity index (χ1n) is 9.75. The molecule has 0 aliphatic carbocycles. The number of aliphatic imine (C=N–C) groups is 1. The summed E-state index contributed by atoms with van der Waals surface area (Å²) in [4.78, 5) is 6.69. The Morgan fingerprint density at radius 3 is 2.90 bits per heavy atom. The number of ether oxygens (including phenoxy) is 2. The third-order valence-electron chi connectivity index (χ3n) is 4.76. The monoisotopic (exact) mass is 514 g/mol. The van der Waals surface area contributed by atoms with Crippen LogP contribution in [0.15, 0.2) is 52.1 Å². The number of nitrogens with one attached hydrogen (secondary N) is 2. The molecule has 7 nitrogen and oxygen atoms in total. The molecule has 29 heavy (non-hydrogen) atoms. The molecule has 0 saturated carbocycles. The summed E-state index contributed by atoms with van der Waals surface area (Å²) >= 11 is 0. The summed E-state index contributed by atoms with van der Waals surface area (Å²) in [6, 6.07) is 12.3. The molecule has 2 aromatic rings. The van der Waals surface area contributed by atoms with E-state index in [4.69, 9.17) is 13.9 Å². The molecule has 1 unspecified atom stereocenters. The fourth-order valence-electron chi connectivity index (χ4n) is 3.32. The Balaban J connectivity index is 0.00000300. The highest BCUT2D eigenvalue weighted by Crippen LogP contribution is 2.30. The van der Waals surface area contributed by atoms with Gasteiger partial charge in [-0.05, 0) is 37.1 Å². The molecule has 0 bridgehead atoms. The Kier molecular flexibility index (Phi) is 10.1. The SMILES string of the molecule is CN=C(NCCCOCc1ccco1)NC1CCN(c2ccccc2OC)C1.I.